The number of carboxylic acid groups (broad SMARTS) is 1. The number of carboxylic acids is 1. The van der Waals surface area contributed by atoms with Gasteiger partial charge in [-0.25, -0.2) is 10.3 Å². The molecule has 0 bridgehead atoms. The van der Waals surface area contributed by atoms with Gasteiger partial charge in [-0.3, -0.25) is 24.6 Å². The second-order valence-electron chi connectivity index (χ2n) is 10.6. The summed E-state index contributed by atoms with van der Waals surface area (Å²) in [6, 6.07) is 16.0. The number of halogens is 3. The van der Waals surface area contributed by atoms with Gasteiger partial charge in [0.1, 0.15) is 12.4 Å². The normalized spacial score (nSPS) is 16.2. The number of alkyl halides is 3. The van der Waals surface area contributed by atoms with Gasteiger partial charge in [0.05, 0.1) is 17.5 Å². The molecular weight excluding hydrogens is 585 g/mol. The molecule has 44 heavy (non-hydrogen) atoms. The molecule has 1 saturated heterocycles. The van der Waals surface area contributed by atoms with E-state index in [2.05, 4.69) is 10.3 Å². The van der Waals surface area contributed by atoms with Crippen LogP contribution in [0.25, 0.3) is 10.9 Å². The standard InChI is InChI=1S/C28H32N4O5.C2HF3O2/c1-17(2)12-26(33)32-14-23(28(35)31-36)25(15-32)30-27(34)19-8-10-21(11-9-19)37-16-20-13-18(3)29-24-7-5-4-6-22(20)24;3-2(4,5)1(6)7/h4-11,13,17,23,25,36H,12,14-16H2,1-3H3,(H,30,34)(H,31,35);(H,6,7)/t23-,25+;/m0./s1. The zero-order valence-corrected chi connectivity index (χ0v) is 24.2. The van der Waals surface area contributed by atoms with Crippen LogP contribution in [0.15, 0.2) is 54.6 Å². The molecule has 1 aromatic heterocycles. The predicted molar refractivity (Wildman–Crippen MR) is 152 cm³/mol. The van der Waals surface area contributed by atoms with Crippen LogP contribution in [-0.2, 0) is 21.0 Å². The number of aliphatic carboxylic acids is 1. The van der Waals surface area contributed by atoms with Gasteiger partial charge in [0.2, 0.25) is 11.8 Å². The van der Waals surface area contributed by atoms with Crippen LogP contribution >= 0.6 is 0 Å². The summed E-state index contributed by atoms with van der Waals surface area (Å²) in [4.78, 5) is 52.6. The highest BCUT2D eigenvalue weighted by atomic mass is 19.4. The molecule has 14 heteroatoms. The maximum atomic E-state index is 12.9. The molecule has 0 radical (unpaired) electrons. The Labute approximate surface area is 251 Å². The summed E-state index contributed by atoms with van der Waals surface area (Å²) in [6.07, 6.45) is -4.73. The number of carbonyl (C=O) groups is 4. The number of para-hydroxylation sites is 1. The smallest absolute Gasteiger partial charge is 0.489 e. The number of hydrogen-bond donors (Lipinski definition) is 4. The van der Waals surface area contributed by atoms with Crippen molar-refractivity contribution in [2.75, 3.05) is 13.1 Å². The van der Waals surface area contributed by atoms with Crippen molar-refractivity contribution < 1.29 is 47.4 Å². The summed E-state index contributed by atoms with van der Waals surface area (Å²) < 4.78 is 37.7. The van der Waals surface area contributed by atoms with Crippen molar-refractivity contribution in [3.05, 3.63) is 71.4 Å². The first-order chi connectivity index (χ1) is 20.7. The summed E-state index contributed by atoms with van der Waals surface area (Å²) in [5.41, 5.74) is 4.90. The highest BCUT2D eigenvalue weighted by molar-refractivity contribution is 5.95. The fraction of sp³-hybridized carbons (Fsp3) is 0.367. The van der Waals surface area contributed by atoms with Gasteiger partial charge in [-0.1, -0.05) is 32.0 Å². The van der Waals surface area contributed by atoms with Gasteiger partial charge in [0, 0.05) is 41.7 Å². The van der Waals surface area contributed by atoms with E-state index in [9.17, 15) is 27.6 Å². The Morgan fingerprint density at radius 2 is 1.70 bits per heavy atom. The van der Waals surface area contributed by atoms with Gasteiger partial charge in [-0.15, -0.1) is 0 Å². The maximum Gasteiger partial charge on any atom is 0.490 e. The number of hydrogen-bond acceptors (Lipinski definition) is 7. The van der Waals surface area contributed by atoms with Crippen LogP contribution in [0, 0.1) is 18.8 Å². The van der Waals surface area contributed by atoms with Crippen LogP contribution < -0.4 is 15.5 Å². The highest BCUT2D eigenvalue weighted by Gasteiger charge is 2.40. The van der Waals surface area contributed by atoms with Gasteiger partial charge in [0.15, 0.2) is 0 Å². The molecule has 11 nitrogen and oxygen atoms in total. The van der Waals surface area contributed by atoms with Crippen LogP contribution in [0.3, 0.4) is 0 Å². The second kappa shape index (κ2) is 14.6. The summed E-state index contributed by atoms with van der Waals surface area (Å²) >= 11 is 0. The molecule has 1 aliphatic rings. The largest absolute Gasteiger partial charge is 0.490 e. The van der Waals surface area contributed by atoms with E-state index in [-0.39, 0.29) is 30.8 Å². The van der Waals surface area contributed by atoms with Crippen molar-refractivity contribution in [3.8, 4) is 5.75 Å². The first kappa shape index (κ1) is 33.8. The third-order valence-electron chi connectivity index (χ3n) is 6.70. The Balaban J connectivity index is 0.000000676. The Morgan fingerprint density at radius 3 is 2.30 bits per heavy atom. The zero-order valence-electron chi connectivity index (χ0n) is 24.2. The number of nitrogens with zero attached hydrogens (tertiary/aromatic N) is 2. The fourth-order valence-corrected chi connectivity index (χ4v) is 4.61. The Hall–Kier alpha value is -4.72. The van der Waals surface area contributed by atoms with E-state index in [0.717, 1.165) is 22.2 Å². The summed E-state index contributed by atoms with van der Waals surface area (Å²) in [6.45, 7) is 6.53. The van der Waals surface area contributed by atoms with Crippen LogP contribution in [-0.4, -0.2) is 69.2 Å². The summed E-state index contributed by atoms with van der Waals surface area (Å²) in [5, 5.41) is 20.1. The van der Waals surface area contributed by atoms with E-state index in [1.807, 2.05) is 51.1 Å². The molecule has 4 N–H and O–H groups in total. The van der Waals surface area contributed by atoms with E-state index < -0.39 is 30.0 Å². The number of nitrogens with one attached hydrogen (secondary N) is 2. The Kier molecular flexibility index (Phi) is 11.2. The van der Waals surface area contributed by atoms with Crippen molar-refractivity contribution in [1.29, 1.82) is 0 Å². The molecule has 3 amide bonds. The number of benzene rings is 2. The molecule has 0 aliphatic carbocycles. The number of aryl methyl sites for hydroxylation is 1. The minimum atomic E-state index is -5.08. The van der Waals surface area contributed by atoms with Gasteiger partial charge < -0.3 is 20.1 Å². The molecule has 4 rings (SSSR count). The molecule has 0 saturated carbocycles. The zero-order chi connectivity index (χ0) is 32.6. The van der Waals surface area contributed by atoms with E-state index in [1.54, 1.807) is 34.6 Å². The van der Waals surface area contributed by atoms with E-state index in [0.29, 0.717) is 24.3 Å². The van der Waals surface area contributed by atoms with Crippen LogP contribution in [0.2, 0.25) is 0 Å². The van der Waals surface area contributed by atoms with E-state index >= 15 is 0 Å². The molecular formula is C30H33F3N4O7. The van der Waals surface area contributed by atoms with Crippen LogP contribution in [0.5, 0.6) is 5.75 Å². The monoisotopic (exact) mass is 618 g/mol. The van der Waals surface area contributed by atoms with Crippen LogP contribution in [0.1, 0.15) is 41.9 Å². The van der Waals surface area contributed by atoms with Gasteiger partial charge in [0.25, 0.3) is 5.91 Å². The van der Waals surface area contributed by atoms with E-state index in [1.165, 1.54) is 0 Å². The average Bonchev–Trinajstić information content (AvgIpc) is 3.39. The lowest BCUT2D eigenvalue weighted by atomic mass is 10.0. The Bertz CT molecular complexity index is 1500. The third kappa shape index (κ3) is 9.14. The molecule has 0 spiro atoms. The Morgan fingerprint density at radius 1 is 1.07 bits per heavy atom. The number of fused-ring (bicyclic) bond motifs is 1. The summed E-state index contributed by atoms with van der Waals surface area (Å²) in [5.74, 6) is -3.80. The van der Waals surface area contributed by atoms with Crippen molar-refractivity contribution in [2.24, 2.45) is 11.8 Å². The molecule has 3 aromatic rings. The topological polar surface area (TPSA) is 158 Å². The first-order valence-electron chi connectivity index (χ1n) is 13.6. The number of pyridine rings is 1. The fourth-order valence-electron chi connectivity index (χ4n) is 4.61. The first-order valence-corrected chi connectivity index (χ1v) is 13.6. The van der Waals surface area contributed by atoms with E-state index in [4.69, 9.17) is 19.8 Å². The van der Waals surface area contributed by atoms with Crippen molar-refractivity contribution in [3.63, 3.8) is 0 Å². The number of amides is 3. The van der Waals surface area contributed by atoms with Crippen molar-refractivity contribution in [2.45, 2.75) is 46.0 Å². The third-order valence-corrected chi connectivity index (χ3v) is 6.70. The lowest BCUT2D eigenvalue weighted by Crippen LogP contribution is -2.45. The van der Waals surface area contributed by atoms with Crippen molar-refractivity contribution >= 4 is 34.6 Å². The predicted octanol–water partition coefficient (Wildman–Crippen LogP) is 3.86. The SMILES string of the molecule is Cc1cc(COc2ccc(C(=O)N[C@@H]3CN(C(=O)CC(C)C)C[C@@H]3C(=O)NO)cc2)c2ccccc2n1.O=C(O)C(F)(F)F. The minimum absolute atomic E-state index is 0.0823. The van der Waals surface area contributed by atoms with Gasteiger partial charge in [-0.05, 0) is 49.2 Å². The number of ether oxygens (including phenoxy) is 1. The molecule has 2 aromatic carbocycles. The molecule has 1 aliphatic heterocycles. The highest BCUT2D eigenvalue weighted by Crippen LogP contribution is 2.23. The molecule has 2 atom stereocenters. The van der Waals surface area contributed by atoms with Gasteiger partial charge >= 0.3 is 12.1 Å². The quantitative estimate of drug-likeness (QED) is 0.219. The number of carbonyl (C=O) groups excluding carboxylic acids is 3. The van der Waals surface area contributed by atoms with Gasteiger partial charge in [-0.2, -0.15) is 13.2 Å². The molecule has 0 unspecified atom stereocenters. The number of likely N-dealkylation sites (tertiary alicyclic amines) is 1. The van der Waals surface area contributed by atoms with Crippen molar-refractivity contribution in [1.82, 2.24) is 20.7 Å². The lowest BCUT2D eigenvalue weighted by Gasteiger charge is -2.18. The maximum absolute atomic E-state index is 12.9. The minimum Gasteiger partial charge on any atom is -0.489 e. The number of rotatable bonds is 8. The second-order valence-corrected chi connectivity index (χ2v) is 10.6. The molecule has 236 valence electrons. The number of hydroxylamine groups is 1. The number of aromatic nitrogens is 1. The summed E-state index contributed by atoms with van der Waals surface area (Å²) in [7, 11) is 0. The lowest BCUT2D eigenvalue weighted by molar-refractivity contribution is -0.192. The average molecular weight is 619 g/mol. The molecule has 2 heterocycles. The van der Waals surface area contributed by atoms with Crippen LogP contribution in [0.4, 0.5) is 13.2 Å². The molecule has 1 fully saturated rings.